The Bertz CT molecular complexity index is 1590. The van der Waals surface area contributed by atoms with Crippen LogP contribution in [0.2, 0.25) is 0 Å². The average Bonchev–Trinajstić information content (AvgIpc) is 3.53. The highest BCUT2D eigenvalue weighted by Gasteiger charge is 2.31. The molecule has 40 heavy (non-hydrogen) atoms. The largest absolute Gasteiger partial charge is 0.490 e. The van der Waals surface area contributed by atoms with Crippen LogP contribution in [0.15, 0.2) is 53.3 Å². The zero-order valence-corrected chi connectivity index (χ0v) is 23.0. The molecular weight excluding hydrogens is 508 g/mol. The maximum atomic E-state index is 13.0. The molecule has 0 unspecified atom stereocenters. The molecule has 1 atom stereocenters. The lowest BCUT2D eigenvalue weighted by Gasteiger charge is -2.34. The van der Waals surface area contributed by atoms with E-state index in [1.165, 1.54) is 11.1 Å². The van der Waals surface area contributed by atoms with Crippen molar-refractivity contribution in [2.75, 3.05) is 18.8 Å². The van der Waals surface area contributed by atoms with Gasteiger partial charge in [-0.15, -0.1) is 0 Å². The van der Waals surface area contributed by atoms with E-state index in [2.05, 4.69) is 34.5 Å². The minimum atomic E-state index is -0.593. The second-order valence-electron chi connectivity index (χ2n) is 11.6. The zero-order chi connectivity index (χ0) is 28.0. The van der Waals surface area contributed by atoms with Gasteiger partial charge in [0, 0.05) is 31.5 Å². The molecule has 4 aromatic rings. The van der Waals surface area contributed by atoms with Crippen molar-refractivity contribution in [2.45, 2.75) is 64.2 Å². The summed E-state index contributed by atoms with van der Waals surface area (Å²) in [6.45, 7) is 6.50. The van der Waals surface area contributed by atoms with Crippen molar-refractivity contribution in [2.24, 2.45) is 0 Å². The van der Waals surface area contributed by atoms with Crippen molar-refractivity contribution in [3.63, 3.8) is 0 Å². The number of carbonyl (C=O) groups is 1. The molecule has 2 aliphatic rings. The molecule has 3 N–H and O–H groups in total. The summed E-state index contributed by atoms with van der Waals surface area (Å²) in [6.07, 6.45) is 3.02. The molecule has 1 fully saturated rings. The third kappa shape index (κ3) is 5.01. The monoisotopic (exact) mass is 542 g/mol. The van der Waals surface area contributed by atoms with E-state index < -0.39 is 5.60 Å². The first kappa shape index (κ1) is 25.9. The van der Waals surface area contributed by atoms with Crippen LogP contribution in [0.1, 0.15) is 50.8 Å². The van der Waals surface area contributed by atoms with E-state index in [0.29, 0.717) is 29.7 Å². The van der Waals surface area contributed by atoms with Gasteiger partial charge in [-0.3, -0.25) is 9.48 Å². The molecule has 1 aliphatic heterocycles. The van der Waals surface area contributed by atoms with Gasteiger partial charge in [0.15, 0.2) is 5.82 Å². The first-order chi connectivity index (χ1) is 19.2. The van der Waals surface area contributed by atoms with E-state index >= 15 is 0 Å². The Morgan fingerprint density at radius 3 is 2.45 bits per heavy atom. The lowest BCUT2D eigenvalue weighted by Crippen LogP contribution is -2.43. The Balaban J connectivity index is 1.28. The Kier molecular flexibility index (Phi) is 6.48. The number of hydrogen-bond donors (Lipinski definition) is 2. The van der Waals surface area contributed by atoms with Crippen molar-refractivity contribution in [1.82, 2.24) is 24.9 Å². The summed E-state index contributed by atoms with van der Waals surface area (Å²) in [5, 5.41) is 11.9. The maximum Gasteiger partial charge on any atom is 0.410 e. The summed E-state index contributed by atoms with van der Waals surface area (Å²) >= 11 is 0. The number of amides is 1. The summed E-state index contributed by atoms with van der Waals surface area (Å²) in [5.41, 5.74) is 9.70. The number of aromatic amines is 1. The van der Waals surface area contributed by atoms with E-state index in [4.69, 9.17) is 20.3 Å². The standard InChI is InChI=1S/C30H34N6O4/c1-30(2,3)40-29(38)35-14-6-9-21(17-35)36-26-24(27(31)32-33-28(26)37)25(34-36)18-10-12-22(13-11-18)39-23-15-19-7-4-5-8-20(19)16-23/h4-5,7-8,10-13,21,23H,6,9,14-17H2,1-3H3,(H2,31,32)(H,33,37)/t21-/m1/s1. The van der Waals surface area contributed by atoms with Crippen LogP contribution in [0.25, 0.3) is 22.2 Å². The first-order valence-electron chi connectivity index (χ1n) is 13.7. The van der Waals surface area contributed by atoms with Crippen molar-refractivity contribution in [1.29, 1.82) is 0 Å². The summed E-state index contributed by atoms with van der Waals surface area (Å²) in [6, 6.07) is 15.9. The fourth-order valence-corrected chi connectivity index (χ4v) is 5.71. The van der Waals surface area contributed by atoms with E-state index in [0.717, 1.165) is 37.0 Å². The number of carbonyl (C=O) groups excluding carboxylic acids is 1. The normalized spacial score (nSPS) is 17.7. The number of nitrogens with zero attached hydrogens (tertiary/aromatic N) is 4. The van der Waals surface area contributed by atoms with Gasteiger partial charge in [0.2, 0.25) is 0 Å². The van der Waals surface area contributed by atoms with E-state index in [9.17, 15) is 9.59 Å². The average molecular weight is 543 g/mol. The van der Waals surface area contributed by atoms with Gasteiger partial charge < -0.3 is 20.1 Å². The number of ether oxygens (including phenoxy) is 2. The fraction of sp³-hybridized carbons (Fsp3) is 0.400. The molecule has 1 amide bonds. The van der Waals surface area contributed by atoms with Crippen LogP contribution in [-0.2, 0) is 17.6 Å². The number of piperidine rings is 1. The SMILES string of the molecule is CC(C)(C)OC(=O)N1CCC[C@@H](n2nc(-c3ccc(OC4Cc5ccccc5C4)cc3)c3c(N)n[nH]c(=O)c32)C1. The van der Waals surface area contributed by atoms with Crippen LogP contribution in [0.4, 0.5) is 10.6 Å². The molecular formula is C30H34N6O4. The highest BCUT2D eigenvalue weighted by Crippen LogP contribution is 2.34. The molecule has 3 heterocycles. The highest BCUT2D eigenvalue weighted by atomic mass is 16.6. The molecule has 1 saturated heterocycles. The van der Waals surface area contributed by atoms with Gasteiger partial charge in [-0.1, -0.05) is 24.3 Å². The lowest BCUT2D eigenvalue weighted by atomic mass is 10.1. The van der Waals surface area contributed by atoms with E-state index in [1.54, 1.807) is 9.58 Å². The Hall–Kier alpha value is -4.34. The topological polar surface area (TPSA) is 128 Å². The molecule has 0 radical (unpaired) electrons. The number of fused-ring (bicyclic) bond motifs is 2. The Morgan fingerprint density at radius 1 is 1.07 bits per heavy atom. The maximum absolute atomic E-state index is 13.0. The number of nitrogen functional groups attached to an aromatic ring is 1. The number of aromatic nitrogens is 4. The number of rotatable bonds is 4. The van der Waals surface area contributed by atoms with Crippen LogP contribution in [0, 0.1) is 0 Å². The predicted molar refractivity (Wildman–Crippen MR) is 152 cm³/mol. The zero-order valence-electron chi connectivity index (χ0n) is 23.0. The van der Waals surface area contributed by atoms with Crippen molar-refractivity contribution < 1.29 is 14.3 Å². The van der Waals surface area contributed by atoms with Crippen LogP contribution < -0.4 is 16.0 Å². The van der Waals surface area contributed by atoms with Crippen LogP contribution >= 0.6 is 0 Å². The smallest absolute Gasteiger partial charge is 0.410 e. The molecule has 0 saturated carbocycles. The van der Waals surface area contributed by atoms with Gasteiger partial charge in [0.05, 0.1) is 11.4 Å². The number of anilines is 1. The molecule has 6 rings (SSSR count). The van der Waals surface area contributed by atoms with Gasteiger partial charge in [0.25, 0.3) is 5.56 Å². The molecule has 0 bridgehead atoms. The van der Waals surface area contributed by atoms with Crippen LogP contribution in [0.5, 0.6) is 5.75 Å². The Labute approximate surface area is 232 Å². The van der Waals surface area contributed by atoms with Gasteiger partial charge in [-0.25, -0.2) is 9.89 Å². The third-order valence-electron chi connectivity index (χ3n) is 7.50. The second-order valence-corrected chi connectivity index (χ2v) is 11.6. The number of H-pyrrole nitrogens is 1. The van der Waals surface area contributed by atoms with Crippen molar-refractivity contribution in [3.05, 3.63) is 70.0 Å². The number of nitrogens with two attached hydrogens (primary N) is 1. The third-order valence-corrected chi connectivity index (χ3v) is 7.50. The summed E-state index contributed by atoms with van der Waals surface area (Å²) in [5.74, 6) is 0.967. The summed E-state index contributed by atoms with van der Waals surface area (Å²) in [7, 11) is 0. The van der Waals surface area contributed by atoms with Gasteiger partial charge in [0.1, 0.15) is 28.7 Å². The minimum Gasteiger partial charge on any atom is -0.490 e. The highest BCUT2D eigenvalue weighted by molar-refractivity contribution is 5.99. The molecule has 2 aromatic carbocycles. The number of likely N-dealkylation sites (tertiary alicyclic amines) is 1. The molecule has 10 heteroatoms. The second kappa shape index (κ2) is 10.0. The molecule has 10 nitrogen and oxygen atoms in total. The summed E-state index contributed by atoms with van der Waals surface area (Å²) < 4.78 is 13.6. The number of benzene rings is 2. The van der Waals surface area contributed by atoms with Gasteiger partial charge >= 0.3 is 6.09 Å². The van der Waals surface area contributed by atoms with Gasteiger partial charge in [-0.2, -0.15) is 10.2 Å². The Morgan fingerprint density at radius 2 is 1.77 bits per heavy atom. The first-order valence-corrected chi connectivity index (χ1v) is 13.7. The number of hydrogen-bond acceptors (Lipinski definition) is 7. The molecule has 2 aromatic heterocycles. The van der Waals surface area contributed by atoms with Gasteiger partial charge in [-0.05, 0) is 69.0 Å². The quantitative estimate of drug-likeness (QED) is 0.389. The fourth-order valence-electron chi connectivity index (χ4n) is 5.71. The van der Waals surface area contributed by atoms with E-state index in [1.807, 2.05) is 45.0 Å². The van der Waals surface area contributed by atoms with Crippen LogP contribution in [-0.4, -0.2) is 55.8 Å². The van der Waals surface area contributed by atoms with Crippen molar-refractivity contribution >= 4 is 22.8 Å². The minimum absolute atomic E-state index is 0.0981. The number of nitrogens with one attached hydrogen (secondary N) is 1. The molecule has 0 spiro atoms. The molecule has 208 valence electrons. The predicted octanol–water partition coefficient (Wildman–Crippen LogP) is 4.49. The lowest BCUT2D eigenvalue weighted by molar-refractivity contribution is 0.0169. The molecule has 1 aliphatic carbocycles. The van der Waals surface area contributed by atoms with Crippen molar-refractivity contribution in [3.8, 4) is 17.0 Å². The van der Waals surface area contributed by atoms with E-state index in [-0.39, 0.29) is 29.6 Å². The summed E-state index contributed by atoms with van der Waals surface area (Å²) in [4.78, 5) is 27.5. The van der Waals surface area contributed by atoms with Crippen LogP contribution in [0.3, 0.4) is 0 Å².